The van der Waals surface area contributed by atoms with Gasteiger partial charge in [-0.3, -0.25) is 0 Å². The number of carboxylic acids is 1. The smallest absolute Gasteiger partial charge is 0.336 e. The molecular formula is C15H22N2O2. The highest BCUT2D eigenvalue weighted by Crippen LogP contribution is 2.24. The number of carboxylic acid groups (broad SMARTS) is 1. The molecule has 2 rings (SSSR count). The number of nitrogens with zero attached hydrogens (tertiary/aromatic N) is 2. The molecular weight excluding hydrogens is 240 g/mol. The van der Waals surface area contributed by atoms with Gasteiger partial charge in [0, 0.05) is 26.3 Å². The Balaban J connectivity index is 2.22. The third-order valence-corrected chi connectivity index (χ3v) is 3.84. The molecule has 1 aromatic rings. The van der Waals surface area contributed by atoms with Gasteiger partial charge in [-0.1, -0.05) is 6.07 Å². The Morgan fingerprint density at radius 2 is 2.21 bits per heavy atom. The minimum atomic E-state index is -0.829. The Hall–Kier alpha value is -1.55. The van der Waals surface area contributed by atoms with Crippen molar-refractivity contribution in [2.75, 3.05) is 39.1 Å². The van der Waals surface area contributed by atoms with Gasteiger partial charge in [0.05, 0.1) is 5.56 Å². The fourth-order valence-electron chi connectivity index (χ4n) is 2.72. The van der Waals surface area contributed by atoms with Crippen molar-refractivity contribution < 1.29 is 9.90 Å². The number of aromatic carboxylic acids is 1. The van der Waals surface area contributed by atoms with E-state index in [0.29, 0.717) is 11.5 Å². The highest BCUT2D eigenvalue weighted by molar-refractivity contribution is 5.90. The molecule has 4 nitrogen and oxygen atoms in total. The van der Waals surface area contributed by atoms with E-state index in [2.05, 4.69) is 11.9 Å². The van der Waals surface area contributed by atoms with Crippen LogP contribution in [-0.4, -0.2) is 50.2 Å². The topological polar surface area (TPSA) is 43.8 Å². The van der Waals surface area contributed by atoms with Crippen LogP contribution in [0.25, 0.3) is 0 Å². The van der Waals surface area contributed by atoms with Gasteiger partial charge in [0.25, 0.3) is 0 Å². The maximum atomic E-state index is 11.4. The molecule has 0 bridgehead atoms. The van der Waals surface area contributed by atoms with E-state index in [-0.39, 0.29) is 0 Å². The van der Waals surface area contributed by atoms with Crippen LogP contribution in [0.4, 0.5) is 5.69 Å². The highest BCUT2D eigenvalue weighted by Gasteiger charge is 2.22. The van der Waals surface area contributed by atoms with Gasteiger partial charge in [-0.2, -0.15) is 0 Å². The summed E-state index contributed by atoms with van der Waals surface area (Å²) in [5.74, 6) is -0.252. The lowest BCUT2D eigenvalue weighted by Crippen LogP contribution is -2.16. The van der Waals surface area contributed by atoms with E-state index in [1.54, 1.807) is 6.07 Å². The first-order valence-corrected chi connectivity index (χ1v) is 6.69. The first-order valence-electron chi connectivity index (χ1n) is 6.69. The van der Waals surface area contributed by atoms with Crippen LogP contribution in [0.15, 0.2) is 18.2 Å². The number of hydrogen-bond donors (Lipinski definition) is 1. The van der Waals surface area contributed by atoms with E-state index < -0.39 is 5.97 Å². The molecule has 19 heavy (non-hydrogen) atoms. The minimum absolute atomic E-state index is 0.445. The van der Waals surface area contributed by atoms with E-state index >= 15 is 0 Å². The Morgan fingerprint density at radius 3 is 2.74 bits per heavy atom. The summed E-state index contributed by atoms with van der Waals surface area (Å²) in [6.45, 7) is 2.18. The fraction of sp³-hybridized carbons (Fsp3) is 0.533. The van der Waals surface area contributed by atoms with Crippen molar-refractivity contribution in [2.45, 2.75) is 12.8 Å². The van der Waals surface area contributed by atoms with Crippen LogP contribution in [0.2, 0.25) is 0 Å². The molecule has 1 saturated heterocycles. The third kappa shape index (κ3) is 3.26. The summed E-state index contributed by atoms with van der Waals surface area (Å²) in [4.78, 5) is 15.6. The number of hydrogen-bond acceptors (Lipinski definition) is 3. The Bertz CT molecular complexity index is 471. The zero-order valence-electron chi connectivity index (χ0n) is 11.9. The van der Waals surface area contributed by atoms with Gasteiger partial charge in [0.1, 0.15) is 0 Å². The SMILES string of the molecule is CN1CCC(Cc2ccc(N(C)C)cc2C(=O)O)C1. The first kappa shape index (κ1) is 13.9. The number of rotatable bonds is 4. The molecule has 1 aliphatic heterocycles. The van der Waals surface area contributed by atoms with Gasteiger partial charge in [-0.25, -0.2) is 4.79 Å². The summed E-state index contributed by atoms with van der Waals surface area (Å²) in [6, 6.07) is 5.74. The molecule has 1 N–H and O–H groups in total. The Morgan fingerprint density at radius 1 is 1.47 bits per heavy atom. The van der Waals surface area contributed by atoms with Crippen molar-refractivity contribution >= 4 is 11.7 Å². The fourth-order valence-corrected chi connectivity index (χ4v) is 2.72. The van der Waals surface area contributed by atoms with Gasteiger partial charge in [0.15, 0.2) is 0 Å². The van der Waals surface area contributed by atoms with Gasteiger partial charge < -0.3 is 14.9 Å². The molecule has 104 valence electrons. The van der Waals surface area contributed by atoms with Crippen LogP contribution in [0, 0.1) is 5.92 Å². The molecule has 0 aromatic heterocycles. The number of likely N-dealkylation sites (tertiary alicyclic amines) is 1. The van der Waals surface area contributed by atoms with Crippen LogP contribution in [0.3, 0.4) is 0 Å². The van der Waals surface area contributed by atoms with E-state index in [0.717, 1.165) is 37.2 Å². The lowest BCUT2D eigenvalue weighted by atomic mass is 9.94. The molecule has 1 aromatic carbocycles. The van der Waals surface area contributed by atoms with Crippen molar-refractivity contribution in [1.82, 2.24) is 4.90 Å². The third-order valence-electron chi connectivity index (χ3n) is 3.84. The molecule has 1 fully saturated rings. The Kier molecular flexibility index (Phi) is 4.10. The van der Waals surface area contributed by atoms with Crippen LogP contribution < -0.4 is 4.90 Å². The summed E-state index contributed by atoms with van der Waals surface area (Å²) in [5, 5.41) is 9.37. The largest absolute Gasteiger partial charge is 0.478 e. The van der Waals surface area contributed by atoms with E-state index in [1.165, 1.54) is 0 Å². The quantitative estimate of drug-likeness (QED) is 0.900. The second-order valence-electron chi connectivity index (χ2n) is 5.66. The monoisotopic (exact) mass is 262 g/mol. The van der Waals surface area contributed by atoms with Crippen LogP contribution in [0.1, 0.15) is 22.3 Å². The van der Waals surface area contributed by atoms with Gasteiger partial charge in [-0.15, -0.1) is 0 Å². The molecule has 1 unspecified atom stereocenters. The summed E-state index contributed by atoms with van der Waals surface area (Å²) in [6.07, 6.45) is 2.02. The minimum Gasteiger partial charge on any atom is -0.478 e. The Labute approximate surface area is 114 Å². The molecule has 0 amide bonds. The van der Waals surface area contributed by atoms with Crippen LogP contribution in [-0.2, 0) is 6.42 Å². The zero-order chi connectivity index (χ0) is 14.0. The van der Waals surface area contributed by atoms with Gasteiger partial charge in [-0.05, 0) is 50.0 Å². The summed E-state index contributed by atoms with van der Waals surface area (Å²) in [7, 11) is 5.96. The molecule has 1 aliphatic rings. The van der Waals surface area contributed by atoms with Crippen molar-refractivity contribution in [1.29, 1.82) is 0 Å². The second kappa shape index (κ2) is 5.61. The number of carbonyl (C=O) groups is 1. The lowest BCUT2D eigenvalue weighted by molar-refractivity contribution is 0.0695. The zero-order valence-corrected chi connectivity index (χ0v) is 11.9. The average Bonchev–Trinajstić information content (AvgIpc) is 2.74. The predicted octanol–water partition coefficient (Wildman–Crippen LogP) is 1.95. The summed E-state index contributed by atoms with van der Waals surface area (Å²) >= 11 is 0. The maximum Gasteiger partial charge on any atom is 0.336 e. The molecule has 4 heteroatoms. The lowest BCUT2D eigenvalue weighted by Gasteiger charge is -2.17. The van der Waals surface area contributed by atoms with Crippen molar-refractivity contribution in [2.24, 2.45) is 5.92 Å². The molecule has 1 heterocycles. The number of anilines is 1. The standard InChI is InChI=1S/C15H22N2O2/c1-16(2)13-5-4-12(14(9-13)15(18)19)8-11-6-7-17(3)10-11/h4-5,9,11H,6-8,10H2,1-3H3,(H,18,19). The van der Waals surface area contributed by atoms with Gasteiger partial charge in [0.2, 0.25) is 0 Å². The molecule has 0 saturated carbocycles. The molecule has 0 aliphatic carbocycles. The molecule has 1 atom stereocenters. The summed E-state index contributed by atoms with van der Waals surface area (Å²) in [5.41, 5.74) is 2.34. The van der Waals surface area contributed by atoms with Crippen molar-refractivity contribution in [3.8, 4) is 0 Å². The summed E-state index contributed by atoms with van der Waals surface area (Å²) < 4.78 is 0. The van der Waals surface area contributed by atoms with Crippen molar-refractivity contribution in [3.63, 3.8) is 0 Å². The molecule has 0 spiro atoms. The highest BCUT2D eigenvalue weighted by atomic mass is 16.4. The average molecular weight is 262 g/mol. The molecule has 0 radical (unpaired) electrons. The first-order chi connectivity index (χ1) is 8.97. The van der Waals surface area contributed by atoms with Crippen molar-refractivity contribution in [3.05, 3.63) is 29.3 Å². The van der Waals surface area contributed by atoms with E-state index in [9.17, 15) is 9.90 Å². The number of benzene rings is 1. The van der Waals surface area contributed by atoms with Crippen LogP contribution in [0.5, 0.6) is 0 Å². The normalized spacial score (nSPS) is 19.6. The van der Waals surface area contributed by atoms with E-state index in [4.69, 9.17) is 0 Å². The van der Waals surface area contributed by atoms with Crippen LogP contribution >= 0.6 is 0 Å². The predicted molar refractivity (Wildman–Crippen MR) is 77.0 cm³/mol. The maximum absolute atomic E-state index is 11.4. The van der Waals surface area contributed by atoms with Gasteiger partial charge >= 0.3 is 5.97 Å². The second-order valence-corrected chi connectivity index (χ2v) is 5.66. The van der Waals surface area contributed by atoms with E-state index in [1.807, 2.05) is 31.1 Å².